The molecule has 1 unspecified atom stereocenters. The van der Waals surface area contributed by atoms with Gasteiger partial charge in [-0.3, -0.25) is 9.13 Å². The van der Waals surface area contributed by atoms with E-state index in [1.165, 1.54) is 10.9 Å². The number of imidazole rings is 1. The number of fused-ring (bicyclic) bond motifs is 1. The number of phosphoric acid groups is 1. The standard InChI is InChI=1S/C10H14N5O10PS/c11-8-5-9(13-2-12-8)15(3-14-5)10-7(17)6(16)4(24-10)1-23-26(18,19)25-27(20,21)22/h2-4,6-7,10,16-17H,1H2,(H,18,19)(H2,11,12,13)(H,20,21,22)/p-2/t4-,6-,7-,10-/m1/s1. The van der Waals surface area contributed by atoms with Crippen molar-refractivity contribution in [2.45, 2.75) is 24.5 Å². The van der Waals surface area contributed by atoms with Gasteiger partial charge in [0.25, 0.3) is 7.82 Å². The van der Waals surface area contributed by atoms with Gasteiger partial charge in [-0.15, -0.1) is 0 Å². The number of rotatable bonds is 6. The number of anilines is 1. The van der Waals surface area contributed by atoms with Crippen LogP contribution < -0.4 is 10.6 Å². The molecule has 0 spiro atoms. The maximum atomic E-state index is 11.3. The van der Waals surface area contributed by atoms with E-state index >= 15 is 0 Å². The second-order valence-corrected chi connectivity index (χ2v) is 7.92. The molecule has 0 saturated carbocycles. The first kappa shape index (κ1) is 20.0. The number of nitrogens with zero attached hydrogens (tertiary/aromatic N) is 4. The molecule has 0 aromatic carbocycles. The first-order valence-electron chi connectivity index (χ1n) is 7.06. The largest absolute Gasteiger partial charge is 0.755 e. The summed E-state index contributed by atoms with van der Waals surface area (Å²) < 4.78 is 56.3. The highest BCUT2D eigenvalue weighted by Crippen LogP contribution is 2.41. The molecule has 1 saturated heterocycles. The van der Waals surface area contributed by atoms with E-state index in [2.05, 4.69) is 23.4 Å². The van der Waals surface area contributed by atoms with Crippen molar-refractivity contribution in [3.05, 3.63) is 12.7 Å². The van der Waals surface area contributed by atoms with Crippen molar-refractivity contribution in [1.82, 2.24) is 19.5 Å². The highest BCUT2D eigenvalue weighted by Gasteiger charge is 2.45. The van der Waals surface area contributed by atoms with Crippen LogP contribution in [0.3, 0.4) is 0 Å². The van der Waals surface area contributed by atoms with E-state index in [1.54, 1.807) is 0 Å². The lowest BCUT2D eigenvalue weighted by Gasteiger charge is -2.25. The molecule has 1 fully saturated rings. The van der Waals surface area contributed by atoms with Gasteiger partial charge in [0.2, 0.25) is 10.4 Å². The molecule has 3 heterocycles. The monoisotopic (exact) mass is 425 g/mol. The summed E-state index contributed by atoms with van der Waals surface area (Å²) in [5, 5.41) is 20.2. The summed E-state index contributed by atoms with van der Waals surface area (Å²) in [6.45, 7) is -0.936. The number of hydrogen-bond donors (Lipinski definition) is 3. The zero-order valence-electron chi connectivity index (χ0n) is 13.1. The summed E-state index contributed by atoms with van der Waals surface area (Å²) in [6.07, 6.45) is -3.49. The predicted octanol–water partition coefficient (Wildman–Crippen LogP) is -3.01. The molecule has 3 rings (SSSR count). The van der Waals surface area contributed by atoms with Gasteiger partial charge in [-0.05, 0) is 0 Å². The second kappa shape index (κ2) is 7.01. The number of nitrogen functional groups attached to an aromatic ring is 1. The summed E-state index contributed by atoms with van der Waals surface area (Å²) >= 11 is 0. The van der Waals surface area contributed by atoms with Crippen molar-refractivity contribution in [2.75, 3.05) is 12.3 Å². The van der Waals surface area contributed by atoms with Gasteiger partial charge in [0.15, 0.2) is 17.7 Å². The first-order chi connectivity index (χ1) is 12.5. The molecule has 2 aromatic heterocycles. The molecule has 2 aromatic rings. The summed E-state index contributed by atoms with van der Waals surface area (Å²) in [5.74, 6) is 0.0648. The second-order valence-electron chi connectivity index (χ2n) is 5.36. The number of phosphoric ester groups is 1. The average Bonchev–Trinajstić information content (AvgIpc) is 3.07. The number of nitrogens with two attached hydrogens (primary N) is 1. The molecule has 0 aliphatic carbocycles. The Bertz CT molecular complexity index is 997. The van der Waals surface area contributed by atoms with Gasteiger partial charge >= 0.3 is 0 Å². The number of aliphatic hydroxyl groups is 2. The molecule has 150 valence electrons. The summed E-state index contributed by atoms with van der Waals surface area (Å²) in [7, 11) is -11.1. The third kappa shape index (κ3) is 4.23. The smallest absolute Gasteiger partial charge is 0.282 e. The van der Waals surface area contributed by atoms with Crippen LogP contribution in [0.2, 0.25) is 0 Å². The van der Waals surface area contributed by atoms with Crippen LogP contribution in [0.1, 0.15) is 6.23 Å². The van der Waals surface area contributed by atoms with E-state index in [1.807, 2.05) is 0 Å². The van der Waals surface area contributed by atoms with Gasteiger partial charge in [0.05, 0.1) is 12.9 Å². The highest BCUT2D eigenvalue weighted by atomic mass is 32.3. The average molecular weight is 425 g/mol. The first-order valence-corrected chi connectivity index (χ1v) is 9.85. The number of aromatic nitrogens is 4. The Morgan fingerprint density at radius 1 is 1.33 bits per heavy atom. The summed E-state index contributed by atoms with van der Waals surface area (Å²) in [4.78, 5) is 22.9. The van der Waals surface area contributed by atoms with Gasteiger partial charge in [-0.2, -0.15) is 0 Å². The third-order valence-corrected chi connectivity index (χ3v) is 5.50. The molecule has 17 heteroatoms. The van der Waals surface area contributed by atoms with Crippen LogP contribution >= 0.6 is 7.82 Å². The topological polar surface area (TPSA) is 235 Å². The maximum Gasteiger partial charge on any atom is 0.282 e. The van der Waals surface area contributed by atoms with Crippen LogP contribution in [0.4, 0.5) is 5.82 Å². The van der Waals surface area contributed by atoms with Gasteiger partial charge in [-0.25, -0.2) is 27.3 Å². The van der Waals surface area contributed by atoms with Gasteiger partial charge in [0, 0.05) is 0 Å². The fourth-order valence-electron chi connectivity index (χ4n) is 2.45. The molecule has 4 N–H and O–H groups in total. The Morgan fingerprint density at radius 3 is 2.70 bits per heavy atom. The van der Waals surface area contributed by atoms with Crippen molar-refractivity contribution in [3.63, 3.8) is 0 Å². The van der Waals surface area contributed by atoms with E-state index in [0.717, 1.165) is 6.33 Å². The normalized spacial score (nSPS) is 28.4. The molecule has 1 aliphatic rings. The molecule has 0 amide bonds. The predicted molar refractivity (Wildman–Crippen MR) is 80.0 cm³/mol. The van der Waals surface area contributed by atoms with E-state index in [4.69, 9.17) is 10.5 Å². The Labute approximate surface area is 150 Å². The van der Waals surface area contributed by atoms with Crippen molar-refractivity contribution in [3.8, 4) is 0 Å². The van der Waals surface area contributed by atoms with E-state index in [0.29, 0.717) is 0 Å². The molecule has 5 atom stereocenters. The fourth-order valence-corrected chi connectivity index (χ4v) is 3.85. The number of ether oxygens (including phenoxy) is 1. The van der Waals surface area contributed by atoms with Gasteiger partial charge in [0.1, 0.15) is 30.2 Å². The minimum absolute atomic E-state index is 0.0648. The van der Waals surface area contributed by atoms with Gasteiger partial charge < -0.3 is 34.7 Å². The maximum absolute atomic E-state index is 11.3. The fraction of sp³-hybridized carbons (Fsp3) is 0.500. The lowest BCUT2D eigenvalue weighted by Crippen LogP contribution is -2.34. The molecule has 15 nitrogen and oxygen atoms in total. The molecule has 1 aliphatic heterocycles. The van der Waals surface area contributed by atoms with E-state index in [9.17, 15) is 32.6 Å². The van der Waals surface area contributed by atoms with Crippen LogP contribution in [0, 0.1) is 0 Å². The van der Waals surface area contributed by atoms with Crippen LogP contribution in [0.15, 0.2) is 12.7 Å². The SMILES string of the molecule is Nc1ncnc2c1ncn2[C@@H]1O[C@H](COP(=O)([O-])OS(=O)(=O)[O-])[C@@H](O)[C@H]1O. The Morgan fingerprint density at radius 2 is 2.04 bits per heavy atom. The minimum atomic E-state index is -5.57. The third-order valence-electron chi connectivity index (χ3n) is 3.58. The molecule has 0 radical (unpaired) electrons. The lowest BCUT2D eigenvalue weighted by atomic mass is 10.1. The Kier molecular flexibility index (Phi) is 5.19. The van der Waals surface area contributed by atoms with Crippen LogP contribution in [-0.2, 0) is 28.2 Å². The lowest BCUT2D eigenvalue weighted by molar-refractivity contribution is -0.220. The van der Waals surface area contributed by atoms with Crippen molar-refractivity contribution in [1.29, 1.82) is 0 Å². The Hall–Kier alpha value is -1.75. The van der Waals surface area contributed by atoms with Crippen molar-refractivity contribution >= 4 is 35.2 Å². The molecular weight excluding hydrogens is 413 g/mol. The van der Waals surface area contributed by atoms with Gasteiger partial charge in [-0.1, -0.05) is 0 Å². The Balaban J connectivity index is 1.76. The van der Waals surface area contributed by atoms with Crippen LogP contribution in [0.25, 0.3) is 11.2 Å². The molecule has 0 bridgehead atoms. The van der Waals surface area contributed by atoms with E-state index < -0.39 is 49.4 Å². The zero-order valence-corrected chi connectivity index (χ0v) is 14.8. The van der Waals surface area contributed by atoms with Crippen LogP contribution in [0.5, 0.6) is 0 Å². The number of aliphatic hydroxyl groups excluding tert-OH is 2. The zero-order chi connectivity index (χ0) is 20.0. The molecular formula is C10H12N5O10PS-2. The quantitative estimate of drug-likeness (QED) is 0.237. The van der Waals surface area contributed by atoms with Crippen molar-refractivity contribution < 1.29 is 45.9 Å². The molecule has 27 heavy (non-hydrogen) atoms. The summed E-state index contributed by atoms with van der Waals surface area (Å²) in [5.41, 5.74) is 6.03. The van der Waals surface area contributed by atoms with Crippen molar-refractivity contribution in [2.24, 2.45) is 0 Å². The van der Waals surface area contributed by atoms with Crippen LogP contribution in [-0.4, -0.2) is 67.6 Å². The summed E-state index contributed by atoms with van der Waals surface area (Å²) in [6, 6.07) is 0. The minimum Gasteiger partial charge on any atom is -0.755 e. The highest BCUT2D eigenvalue weighted by molar-refractivity contribution is 7.85. The van der Waals surface area contributed by atoms with E-state index in [-0.39, 0.29) is 17.0 Å². The number of hydrogen-bond acceptors (Lipinski definition) is 14.